The van der Waals surface area contributed by atoms with Crippen molar-refractivity contribution in [2.24, 2.45) is 0 Å². The van der Waals surface area contributed by atoms with Gasteiger partial charge in [0, 0.05) is 4.80 Å². The number of para-hydroxylation sites is 2. The molecule has 0 fully saturated rings. The maximum absolute atomic E-state index is 10.5. The molecule has 4 rings (SSSR count). The highest BCUT2D eigenvalue weighted by Gasteiger charge is 2.28. The summed E-state index contributed by atoms with van der Waals surface area (Å²) in [5.41, 5.74) is 2.92. The van der Waals surface area contributed by atoms with E-state index < -0.39 is 12.1 Å². The van der Waals surface area contributed by atoms with Gasteiger partial charge in [-0.15, -0.1) is 0 Å². The van der Waals surface area contributed by atoms with Crippen molar-refractivity contribution >= 4 is 5.97 Å². The second-order valence-electron chi connectivity index (χ2n) is 5.92. The molecule has 0 radical (unpaired) electrons. The van der Waals surface area contributed by atoms with E-state index in [1.807, 2.05) is 101 Å². The lowest BCUT2D eigenvalue weighted by Crippen LogP contribution is -2.43. The van der Waals surface area contributed by atoms with Gasteiger partial charge in [-0.05, 0) is 46.3 Å². The van der Waals surface area contributed by atoms with Crippen LogP contribution in [-0.2, 0) is 4.79 Å². The van der Waals surface area contributed by atoms with Gasteiger partial charge in [-0.2, -0.15) is 13.2 Å². The minimum absolute atomic E-state index is 0.693. The van der Waals surface area contributed by atoms with Crippen molar-refractivity contribution in [1.29, 1.82) is 0 Å². The molecule has 0 aliphatic rings. The topological polar surface area (TPSA) is 74.7 Å². The van der Waals surface area contributed by atoms with Crippen LogP contribution in [0.3, 0.4) is 0 Å². The second kappa shape index (κ2) is 8.99. The molecule has 0 atom stereocenters. The number of aromatic nitrogens is 4. The van der Waals surface area contributed by atoms with Crippen LogP contribution in [0.1, 0.15) is 0 Å². The van der Waals surface area contributed by atoms with Crippen molar-refractivity contribution in [3.63, 3.8) is 0 Å². The molecule has 152 valence electrons. The summed E-state index contributed by atoms with van der Waals surface area (Å²) < 4.78 is 31.5. The molecule has 0 aliphatic heterocycles. The minimum atomic E-state index is -5.19. The Morgan fingerprint density at radius 3 is 1.80 bits per heavy atom. The molecule has 0 aliphatic carbocycles. The molecule has 0 spiro atoms. The molecule has 3 aromatic carbocycles. The van der Waals surface area contributed by atoms with Crippen LogP contribution < -0.4 is 9.90 Å². The predicted octanol–water partition coefficient (Wildman–Crippen LogP) is 2.51. The fourth-order valence-corrected chi connectivity index (χ4v) is 2.44. The molecule has 0 bridgehead atoms. The average Bonchev–Trinajstić information content (AvgIpc) is 3.21. The summed E-state index contributed by atoms with van der Waals surface area (Å²) in [4.78, 5) is 12.4. The Balaban J connectivity index is 0.000000318. The molecule has 6 nitrogen and oxygen atoms in total. The van der Waals surface area contributed by atoms with E-state index >= 15 is 0 Å². The number of carboxylic acids is 1. The summed E-state index contributed by atoms with van der Waals surface area (Å²) in [5.74, 6) is -2.31. The fraction of sp³-hybridized carbons (Fsp3) is 0.0476. The number of benzene rings is 3. The largest absolute Gasteiger partial charge is 0.542 e. The number of carboxylic acid groups (broad SMARTS) is 1. The van der Waals surface area contributed by atoms with E-state index in [2.05, 4.69) is 0 Å². The van der Waals surface area contributed by atoms with Crippen LogP contribution in [0.25, 0.3) is 22.8 Å². The highest BCUT2D eigenvalue weighted by Crippen LogP contribution is 2.14. The smallest absolute Gasteiger partial charge is 0.430 e. The number of aliphatic carboxylic acids is 1. The first kappa shape index (κ1) is 20.7. The summed E-state index contributed by atoms with van der Waals surface area (Å²) in [6, 6.07) is 30.0. The van der Waals surface area contributed by atoms with Gasteiger partial charge in [0.25, 0.3) is 0 Å². The van der Waals surface area contributed by atoms with Gasteiger partial charge in [0.1, 0.15) is 11.7 Å². The lowest BCUT2D eigenvalue weighted by atomic mass is 10.2. The Labute approximate surface area is 169 Å². The molecule has 0 N–H and O–H groups in total. The summed E-state index contributed by atoms with van der Waals surface area (Å²) in [7, 11) is 0. The van der Waals surface area contributed by atoms with E-state index in [9.17, 15) is 13.2 Å². The normalized spacial score (nSPS) is 10.8. The third-order valence-corrected chi connectivity index (χ3v) is 3.80. The third-order valence-electron chi connectivity index (χ3n) is 3.80. The second-order valence-corrected chi connectivity index (χ2v) is 5.92. The van der Waals surface area contributed by atoms with E-state index in [4.69, 9.17) is 20.1 Å². The summed E-state index contributed by atoms with van der Waals surface area (Å²) in [5, 5.41) is 18.2. The van der Waals surface area contributed by atoms with Gasteiger partial charge in [-0.1, -0.05) is 54.6 Å². The molecule has 0 unspecified atom stereocenters. The Morgan fingerprint density at radius 1 is 0.833 bits per heavy atom. The molecular formula is C21H15F3N4O2. The molecular weight excluding hydrogens is 397 g/mol. The van der Waals surface area contributed by atoms with E-state index in [0.717, 1.165) is 16.9 Å². The highest BCUT2D eigenvalue weighted by molar-refractivity contribution is 5.70. The zero-order valence-corrected chi connectivity index (χ0v) is 15.4. The predicted molar refractivity (Wildman–Crippen MR) is 99.4 cm³/mol. The molecule has 1 aromatic heterocycles. The number of rotatable bonds is 3. The van der Waals surface area contributed by atoms with Crippen molar-refractivity contribution < 1.29 is 27.9 Å². The number of carbonyl (C=O) groups is 1. The van der Waals surface area contributed by atoms with E-state index in [1.165, 1.54) is 0 Å². The average molecular weight is 412 g/mol. The van der Waals surface area contributed by atoms with Crippen molar-refractivity contribution in [1.82, 2.24) is 15.0 Å². The van der Waals surface area contributed by atoms with Crippen LogP contribution in [0.5, 0.6) is 0 Å². The van der Waals surface area contributed by atoms with Crippen LogP contribution in [-0.4, -0.2) is 27.1 Å². The van der Waals surface area contributed by atoms with Crippen molar-refractivity contribution in [2.45, 2.75) is 6.18 Å². The number of carbonyl (C=O) groups excluding carboxylic acids is 1. The number of alkyl halides is 3. The molecule has 30 heavy (non-hydrogen) atoms. The van der Waals surface area contributed by atoms with Crippen molar-refractivity contribution in [2.75, 3.05) is 0 Å². The monoisotopic (exact) mass is 412 g/mol. The van der Waals surface area contributed by atoms with Crippen molar-refractivity contribution in [3.05, 3.63) is 91.0 Å². The van der Waals surface area contributed by atoms with Crippen LogP contribution >= 0.6 is 0 Å². The lowest BCUT2D eigenvalue weighted by molar-refractivity contribution is -0.734. The summed E-state index contributed by atoms with van der Waals surface area (Å²) in [6.07, 6.45) is -5.19. The van der Waals surface area contributed by atoms with E-state index in [1.54, 1.807) is 0 Å². The quantitative estimate of drug-likeness (QED) is 0.485. The SMILES string of the molecule is O=C([O-])C(F)(F)F.c1ccc(-c2nn(-c3ccccc3)[n+](-c3ccccc3)n2)cc1. The fourth-order valence-electron chi connectivity index (χ4n) is 2.44. The first-order valence-corrected chi connectivity index (χ1v) is 8.70. The minimum Gasteiger partial charge on any atom is -0.542 e. The van der Waals surface area contributed by atoms with Gasteiger partial charge in [0.05, 0.1) is 10.7 Å². The van der Waals surface area contributed by atoms with Gasteiger partial charge >= 0.3 is 12.0 Å². The number of hydrogen-bond donors (Lipinski definition) is 0. The third kappa shape index (κ3) is 5.07. The van der Waals surface area contributed by atoms with Crippen LogP contribution in [0.4, 0.5) is 13.2 Å². The van der Waals surface area contributed by atoms with Crippen molar-refractivity contribution in [3.8, 4) is 22.8 Å². The van der Waals surface area contributed by atoms with Gasteiger partial charge in [-0.25, -0.2) is 0 Å². The maximum atomic E-state index is 10.5. The lowest BCUT2D eigenvalue weighted by Gasteiger charge is -2.03. The molecule has 0 saturated heterocycles. The molecule has 1 heterocycles. The number of tetrazole rings is 1. The Bertz CT molecular complexity index is 1040. The van der Waals surface area contributed by atoms with Gasteiger partial charge in [0.15, 0.2) is 5.69 Å². The van der Waals surface area contributed by atoms with Crippen LogP contribution in [0.2, 0.25) is 0 Å². The molecule has 9 heteroatoms. The summed E-state index contributed by atoms with van der Waals surface area (Å²) in [6.45, 7) is 0. The summed E-state index contributed by atoms with van der Waals surface area (Å²) >= 11 is 0. The van der Waals surface area contributed by atoms with Crippen LogP contribution in [0.15, 0.2) is 91.0 Å². The molecule has 0 saturated carbocycles. The number of halogens is 3. The van der Waals surface area contributed by atoms with Gasteiger partial charge in [-0.3, -0.25) is 0 Å². The molecule has 4 aromatic rings. The zero-order valence-electron chi connectivity index (χ0n) is 15.4. The number of hydrogen-bond acceptors (Lipinski definition) is 4. The van der Waals surface area contributed by atoms with Crippen LogP contribution in [0, 0.1) is 0 Å². The first-order chi connectivity index (χ1) is 14.4. The van der Waals surface area contributed by atoms with Gasteiger partial charge in [0.2, 0.25) is 0 Å². The van der Waals surface area contributed by atoms with E-state index in [0.29, 0.717) is 5.82 Å². The zero-order chi connectivity index (χ0) is 21.6. The standard InChI is InChI=1S/C19H15N4.C2HF3O2/c1-4-10-16(11-5-1)19-20-22(17-12-6-2-7-13-17)23(21-19)18-14-8-3-9-15-18;3-2(4,5)1(6)7/h1-15H;(H,6,7)/q+1;/p-1. The first-order valence-electron chi connectivity index (χ1n) is 8.70. The maximum Gasteiger partial charge on any atom is 0.430 e. The molecule has 0 amide bonds. The highest BCUT2D eigenvalue weighted by atomic mass is 19.4. The van der Waals surface area contributed by atoms with Gasteiger partial charge < -0.3 is 9.90 Å². The van der Waals surface area contributed by atoms with E-state index in [-0.39, 0.29) is 0 Å². The Hall–Kier alpha value is -4.01. The number of nitrogens with zero attached hydrogens (tertiary/aromatic N) is 4. The Kier molecular flexibility index (Phi) is 6.21. The Morgan fingerprint density at radius 2 is 1.30 bits per heavy atom.